The van der Waals surface area contributed by atoms with Crippen molar-refractivity contribution in [1.29, 1.82) is 0 Å². The maximum absolute atomic E-state index is 6.16. The van der Waals surface area contributed by atoms with Gasteiger partial charge in [0.2, 0.25) is 0 Å². The summed E-state index contributed by atoms with van der Waals surface area (Å²) in [6.45, 7) is 9.96. The molecule has 1 unspecified atom stereocenters. The molecule has 1 fully saturated rings. The number of ether oxygens (including phenoxy) is 1. The average Bonchev–Trinajstić information content (AvgIpc) is 2.47. The van der Waals surface area contributed by atoms with Gasteiger partial charge in [0.15, 0.2) is 0 Å². The van der Waals surface area contributed by atoms with Crippen LogP contribution >= 0.6 is 0 Å². The van der Waals surface area contributed by atoms with E-state index in [9.17, 15) is 0 Å². The molecule has 0 radical (unpaired) electrons. The monoisotopic (exact) mass is 290 g/mol. The van der Waals surface area contributed by atoms with Crippen molar-refractivity contribution in [1.82, 2.24) is 4.90 Å². The van der Waals surface area contributed by atoms with Crippen LogP contribution in [0.1, 0.15) is 39.2 Å². The molecule has 0 aromatic heterocycles. The molecule has 1 aromatic rings. The molecule has 0 saturated carbocycles. The second-order valence-corrected chi connectivity index (χ2v) is 7.34. The van der Waals surface area contributed by atoms with Gasteiger partial charge < -0.3 is 10.5 Å². The first-order valence-electron chi connectivity index (χ1n) is 7.97. The maximum Gasteiger partial charge on any atom is 0.122 e. The lowest BCUT2D eigenvalue weighted by Crippen LogP contribution is -2.56. The Morgan fingerprint density at radius 1 is 1.24 bits per heavy atom. The van der Waals surface area contributed by atoms with Crippen molar-refractivity contribution in [3.05, 3.63) is 29.8 Å². The topological polar surface area (TPSA) is 38.5 Å². The van der Waals surface area contributed by atoms with E-state index < -0.39 is 0 Å². The highest BCUT2D eigenvalue weighted by Gasteiger charge is 2.36. The second kappa shape index (κ2) is 6.37. The molecular formula is C18H30N2O. The number of likely N-dealkylation sites (tertiary alicyclic amines) is 1. The smallest absolute Gasteiger partial charge is 0.122 e. The van der Waals surface area contributed by atoms with Crippen molar-refractivity contribution in [2.75, 3.05) is 26.7 Å². The van der Waals surface area contributed by atoms with Gasteiger partial charge in [0.05, 0.1) is 7.11 Å². The first kappa shape index (κ1) is 16.3. The molecule has 1 heterocycles. The van der Waals surface area contributed by atoms with Gasteiger partial charge in [-0.2, -0.15) is 0 Å². The van der Waals surface area contributed by atoms with Crippen LogP contribution in [0.3, 0.4) is 0 Å². The van der Waals surface area contributed by atoms with Gasteiger partial charge in [-0.25, -0.2) is 0 Å². The first-order chi connectivity index (χ1) is 9.90. The molecule has 1 saturated heterocycles. The highest BCUT2D eigenvalue weighted by molar-refractivity contribution is 5.34. The van der Waals surface area contributed by atoms with Crippen LogP contribution in [-0.2, 0) is 6.42 Å². The molecule has 1 aromatic carbocycles. The van der Waals surface area contributed by atoms with E-state index in [0.29, 0.717) is 12.0 Å². The van der Waals surface area contributed by atoms with Gasteiger partial charge in [-0.3, -0.25) is 4.90 Å². The van der Waals surface area contributed by atoms with Gasteiger partial charge in [-0.15, -0.1) is 0 Å². The van der Waals surface area contributed by atoms with Gasteiger partial charge >= 0.3 is 0 Å². The third kappa shape index (κ3) is 3.78. The molecule has 3 heteroatoms. The van der Waals surface area contributed by atoms with E-state index in [1.165, 1.54) is 18.4 Å². The lowest BCUT2D eigenvalue weighted by Gasteiger charge is -2.47. The Hall–Kier alpha value is -1.06. The first-order valence-corrected chi connectivity index (χ1v) is 7.97. The largest absolute Gasteiger partial charge is 0.496 e. The molecule has 3 nitrogen and oxygen atoms in total. The van der Waals surface area contributed by atoms with Crippen molar-refractivity contribution in [3.63, 3.8) is 0 Å². The Labute approximate surface area is 129 Å². The zero-order valence-electron chi connectivity index (χ0n) is 14.0. The summed E-state index contributed by atoms with van der Waals surface area (Å²) in [4.78, 5) is 2.57. The standard InChI is InChI=1S/C18H30N2O/c1-17(2)9-11-20(12-10-17)18(3,14-19)13-15-7-5-6-8-16(15)21-4/h5-8H,9-14,19H2,1-4H3. The van der Waals surface area contributed by atoms with Gasteiger partial charge in [-0.05, 0) is 56.3 Å². The maximum atomic E-state index is 6.16. The van der Waals surface area contributed by atoms with Crippen LogP contribution in [0.2, 0.25) is 0 Å². The minimum absolute atomic E-state index is 0.00509. The molecule has 0 spiro atoms. The summed E-state index contributed by atoms with van der Waals surface area (Å²) in [5.74, 6) is 0.967. The molecule has 2 rings (SSSR count). The summed E-state index contributed by atoms with van der Waals surface area (Å²) in [5, 5.41) is 0. The zero-order valence-corrected chi connectivity index (χ0v) is 14.0. The van der Waals surface area contributed by atoms with E-state index in [1.807, 2.05) is 12.1 Å². The molecule has 1 aliphatic rings. The Bertz CT molecular complexity index is 462. The number of methoxy groups -OCH3 is 1. The minimum atomic E-state index is 0.00509. The van der Waals surface area contributed by atoms with Gasteiger partial charge in [0.25, 0.3) is 0 Å². The van der Waals surface area contributed by atoms with E-state index in [-0.39, 0.29) is 5.54 Å². The summed E-state index contributed by atoms with van der Waals surface area (Å²) in [6.07, 6.45) is 3.43. The predicted octanol–water partition coefficient (Wildman–Crippen LogP) is 3.08. The van der Waals surface area contributed by atoms with E-state index in [2.05, 4.69) is 37.8 Å². The van der Waals surface area contributed by atoms with Crippen LogP contribution in [0.5, 0.6) is 5.75 Å². The molecule has 1 atom stereocenters. The van der Waals surface area contributed by atoms with Crippen LogP contribution in [0.25, 0.3) is 0 Å². The van der Waals surface area contributed by atoms with Crippen LogP contribution in [0.15, 0.2) is 24.3 Å². The molecule has 0 amide bonds. The molecule has 21 heavy (non-hydrogen) atoms. The van der Waals surface area contributed by atoms with E-state index >= 15 is 0 Å². The normalized spacial score (nSPS) is 21.8. The quantitative estimate of drug-likeness (QED) is 0.905. The lowest BCUT2D eigenvalue weighted by atomic mass is 9.80. The Balaban J connectivity index is 2.14. The fourth-order valence-corrected chi connectivity index (χ4v) is 3.22. The summed E-state index contributed by atoms with van der Waals surface area (Å²) in [5.41, 5.74) is 7.88. The Morgan fingerprint density at radius 2 is 1.86 bits per heavy atom. The minimum Gasteiger partial charge on any atom is -0.496 e. The van der Waals surface area contributed by atoms with E-state index in [0.717, 1.165) is 25.3 Å². The molecule has 2 N–H and O–H groups in total. The Morgan fingerprint density at radius 3 is 2.43 bits per heavy atom. The van der Waals surface area contributed by atoms with Crippen molar-refractivity contribution in [3.8, 4) is 5.75 Å². The summed E-state index contributed by atoms with van der Waals surface area (Å²) in [6, 6.07) is 8.28. The van der Waals surface area contributed by atoms with Crippen molar-refractivity contribution >= 4 is 0 Å². The number of hydrogen-bond donors (Lipinski definition) is 1. The zero-order chi connectivity index (χ0) is 15.5. The van der Waals surface area contributed by atoms with Crippen molar-refractivity contribution < 1.29 is 4.74 Å². The van der Waals surface area contributed by atoms with Gasteiger partial charge in [0.1, 0.15) is 5.75 Å². The van der Waals surface area contributed by atoms with Crippen LogP contribution in [-0.4, -0.2) is 37.2 Å². The lowest BCUT2D eigenvalue weighted by molar-refractivity contribution is 0.0427. The fraction of sp³-hybridized carbons (Fsp3) is 0.667. The third-order valence-electron chi connectivity index (χ3n) is 5.08. The van der Waals surface area contributed by atoms with E-state index in [1.54, 1.807) is 7.11 Å². The fourth-order valence-electron chi connectivity index (χ4n) is 3.22. The molecular weight excluding hydrogens is 260 g/mol. The molecule has 0 bridgehead atoms. The van der Waals surface area contributed by atoms with E-state index in [4.69, 9.17) is 10.5 Å². The summed E-state index contributed by atoms with van der Waals surface area (Å²) in [7, 11) is 1.74. The number of rotatable bonds is 5. The van der Waals surface area contributed by atoms with Crippen molar-refractivity contribution in [2.24, 2.45) is 11.1 Å². The molecule has 1 aliphatic heterocycles. The number of nitrogens with two attached hydrogens (primary N) is 1. The number of benzene rings is 1. The number of piperidine rings is 1. The Kier molecular flexibility index (Phi) is 4.95. The van der Waals surface area contributed by atoms with Crippen LogP contribution in [0.4, 0.5) is 0 Å². The number of hydrogen-bond acceptors (Lipinski definition) is 3. The number of nitrogens with zero attached hydrogens (tertiary/aromatic N) is 1. The summed E-state index contributed by atoms with van der Waals surface area (Å²) < 4.78 is 5.50. The van der Waals surface area contributed by atoms with Crippen molar-refractivity contribution in [2.45, 2.75) is 45.6 Å². The third-order valence-corrected chi connectivity index (χ3v) is 5.08. The predicted molar refractivity (Wildman–Crippen MR) is 88.7 cm³/mol. The highest BCUT2D eigenvalue weighted by atomic mass is 16.5. The van der Waals surface area contributed by atoms with Gasteiger partial charge in [-0.1, -0.05) is 32.0 Å². The SMILES string of the molecule is COc1ccccc1CC(C)(CN)N1CCC(C)(C)CC1. The van der Waals surface area contributed by atoms with Crippen LogP contribution < -0.4 is 10.5 Å². The summed E-state index contributed by atoms with van der Waals surface area (Å²) >= 11 is 0. The highest BCUT2D eigenvalue weighted by Crippen LogP contribution is 2.34. The van der Waals surface area contributed by atoms with Gasteiger partial charge in [0, 0.05) is 12.1 Å². The molecule has 118 valence electrons. The van der Waals surface area contributed by atoms with Crippen LogP contribution in [0, 0.1) is 5.41 Å². The average molecular weight is 290 g/mol. The second-order valence-electron chi connectivity index (χ2n) is 7.34. The number of para-hydroxylation sites is 1. The molecule has 0 aliphatic carbocycles.